The Hall–Kier alpha value is -1.30. The SMILES string of the molecule is C/C=C/CNC(=O)C1(CC#N)CC1. The predicted molar refractivity (Wildman–Crippen MR) is 49.7 cm³/mol. The second kappa shape index (κ2) is 4.08. The molecule has 0 aliphatic heterocycles. The van der Waals surface area contributed by atoms with Gasteiger partial charge >= 0.3 is 0 Å². The van der Waals surface area contributed by atoms with Crippen LogP contribution in [0.4, 0.5) is 0 Å². The molecule has 0 radical (unpaired) electrons. The molecule has 0 heterocycles. The van der Waals surface area contributed by atoms with Gasteiger partial charge in [-0.1, -0.05) is 12.2 Å². The lowest BCUT2D eigenvalue weighted by atomic mass is 10.0. The van der Waals surface area contributed by atoms with Crippen molar-refractivity contribution < 1.29 is 4.79 Å². The van der Waals surface area contributed by atoms with Gasteiger partial charge in [-0.15, -0.1) is 0 Å². The van der Waals surface area contributed by atoms with Crippen LogP contribution in [-0.2, 0) is 4.79 Å². The molecule has 0 spiro atoms. The van der Waals surface area contributed by atoms with Gasteiger partial charge in [0, 0.05) is 13.0 Å². The zero-order valence-corrected chi connectivity index (χ0v) is 7.84. The summed E-state index contributed by atoms with van der Waals surface area (Å²) in [6, 6.07) is 2.06. The Kier molecular flexibility index (Phi) is 3.07. The van der Waals surface area contributed by atoms with Crippen molar-refractivity contribution in [2.75, 3.05) is 6.54 Å². The molecule has 1 fully saturated rings. The molecule has 1 aliphatic carbocycles. The number of allylic oxidation sites excluding steroid dienone is 1. The molecule has 1 rings (SSSR count). The molecule has 70 valence electrons. The van der Waals surface area contributed by atoms with E-state index in [0.29, 0.717) is 13.0 Å². The molecule has 0 saturated heterocycles. The van der Waals surface area contributed by atoms with Crippen LogP contribution >= 0.6 is 0 Å². The van der Waals surface area contributed by atoms with Gasteiger partial charge in [-0.3, -0.25) is 4.79 Å². The average molecular weight is 178 g/mol. The van der Waals surface area contributed by atoms with Crippen LogP contribution in [0.1, 0.15) is 26.2 Å². The Bertz CT molecular complexity index is 259. The number of amides is 1. The zero-order valence-electron chi connectivity index (χ0n) is 7.84. The third-order valence-corrected chi connectivity index (χ3v) is 2.37. The summed E-state index contributed by atoms with van der Waals surface area (Å²) in [5, 5.41) is 11.3. The second-order valence-corrected chi connectivity index (χ2v) is 3.39. The lowest BCUT2D eigenvalue weighted by molar-refractivity contribution is -0.125. The number of carbonyl (C=O) groups is 1. The highest BCUT2D eigenvalue weighted by Gasteiger charge is 2.49. The van der Waals surface area contributed by atoms with Crippen LogP contribution in [0.2, 0.25) is 0 Å². The van der Waals surface area contributed by atoms with Crippen LogP contribution in [-0.4, -0.2) is 12.5 Å². The van der Waals surface area contributed by atoms with Gasteiger partial charge in [0.05, 0.1) is 11.5 Å². The Morgan fingerprint density at radius 1 is 1.69 bits per heavy atom. The average Bonchev–Trinajstić information content (AvgIpc) is 2.87. The summed E-state index contributed by atoms with van der Waals surface area (Å²) < 4.78 is 0. The Morgan fingerprint density at radius 3 is 2.85 bits per heavy atom. The van der Waals surface area contributed by atoms with Gasteiger partial charge in [0.25, 0.3) is 0 Å². The van der Waals surface area contributed by atoms with Gasteiger partial charge in [-0.25, -0.2) is 0 Å². The zero-order chi connectivity index (χ0) is 9.73. The normalized spacial score (nSPS) is 18.2. The summed E-state index contributed by atoms with van der Waals surface area (Å²) in [4.78, 5) is 11.5. The quantitative estimate of drug-likeness (QED) is 0.661. The highest BCUT2D eigenvalue weighted by atomic mass is 16.2. The molecule has 0 aromatic rings. The van der Waals surface area contributed by atoms with Crippen molar-refractivity contribution in [3.05, 3.63) is 12.2 Å². The maximum Gasteiger partial charge on any atom is 0.227 e. The fraction of sp³-hybridized carbons (Fsp3) is 0.600. The Morgan fingerprint density at radius 2 is 2.38 bits per heavy atom. The molecule has 1 amide bonds. The molecule has 0 atom stereocenters. The molecule has 3 heteroatoms. The summed E-state index contributed by atoms with van der Waals surface area (Å²) in [6.07, 6.45) is 5.86. The van der Waals surface area contributed by atoms with Crippen molar-refractivity contribution in [2.45, 2.75) is 26.2 Å². The van der Waals surface area contributed by atoms with E-state index in [1.165, 1.54) is 0 Å². The predicted octanol–water partition coefficient (Wildman–Crippen LogP) is 1.37. The van der Waals surface area contributed by atoms with Gasteiger partial charge in [0.15, 0.2) is 0 Å². The van der Waals surface area contributed by atoms with E-state index in [0.717, 1.165) is 12.8 Å². The van der Waals surface area contributed by atoms with Crippen LogP contribution in [0.5, 0.6) is 0 Å². The van der Waals surface area contributed by atoms with Crippen LogP contribution in [0.25, 0.3) is 0 Å². The van der Waals surface area contributed by atoms with E-state index >= 15 is 0 Å². The maximum atomic E-state index is 11.5. The second-order valence-electron chi connectivity index (χ2n) is 3.39. The maximum absolute atomic E-state index is 11.5. The van der Waals surface area contributed by atoms with Crippen LogP contribution < -0.4 is 5.32 Å². The van der Waals surface area contributed by atoms with Crippen molar-refractivity contribution in [2.24, 2.45) is 5.41 Å². The van der Waals surface area contributed by atoms with Crippen molar-refractivity contribution in [3.63, 3.8) is 0 Å². The number of nitriles is 1. The summed E-state index contributed by atoms with van der Waals surface area (Å²) >= 11 is 0. The van der Waals surface area contributed by atoms with E-state index in [9.17, 15) is 4.79 Å². The van der Waals surface area contributed by atoms with E-state index in [2.05, 4.69) is 11.4 Å². The van der Waals surface area contributed by atoms with Gasteiger partial charge in [-0.2, -0.15) is 5.26 Å². The number of nitrogens with zero attached hydrogens (tertiary/aromatic N) is 1. The monoisotopic (exact) mass is 178 g/mol. The third-order valence-electron chi connectivity index (χ3n) is 2.37. The molecule has 0 aromatic carbocycles. The third kappa shape index (κ3) is 2.32. The summed E-state index contributed by atoms with van der Waals surface area (Å²) in [6.45, 7) is 2.48. The van der Waals surface area contributed by atoms with Crippen LogP contribution in [0.3, 0.4) is 0 Å². The van der Waals surface area contributed by atoms with E-state index in [1.807, 2.05) is 19.1 Å². The molecule has 1 N–H and O–H groups in total. The standard InChI is InChI=1S/C10H14N2O/c1-2-3-8-12-9(13)10(4-5-10)6-7-11/h2-3H,4-6,8H2,1H3,(H,12,13)/b3-2+. The number of rotatable bonds is 4. The van der Waals surface area contributed by atoms with E-state index in [1.54, 1.807) is 0 Å². The molecule has 1 saturated carbocycles. The number of hydrogen-bond donors (Lipinski definition) is 1. The first kappa shape index (κ1) is 9.79. The minimum absolute atomic E-state index is 0.0344. The van der Waals surface area contributed by atoms with Crippen molar-refractivity contribution in [1.29, 1.82) is 5.26 Å². The molecule has 1 aliphatic rings. The molecule has 0 aromatic heterocycles. The Labute approximate surface area is 78.4 Å². The van der Waals surface area contributed by atoms with E-state index in [-0.39, 0.29) is 11.3 Å². The summed E-state index contributed by atoms with van der Waals surface area (Å²) in [5.74, 6) is 0.0344. The summed E-state index contributed by atoms with van der Waals surface area (Å²) in [7, 11) is 0. The molecule has 3 nitrogen and oxygen atoms in total. The lowest BCUT2D eigenvalue weighted by Gasteiger charge is -2.09. The number of carbonyl (C=O) groups excluding carboxylic acids is 1. The molecular formula is C10H14N2O. The van der Waals surface area contributed by atoms with Gasteiger partial charge in [0.1, 0.15) is 0 Å². The summed E-state index contributed by atoms with van der Waals surface area (Å²) in [5.41, 5.74) is -0.337. The van der Waals surface area contributed by atoms with Crippen LogP contribution in [0, 0.1) is 16.7 Å². The van der Waals surface area contributed by atoms with Gasteiger partial charge < -0.3 is 5.32 Å². The first-order chi connectivity index (χ1) is 6.25. The fourth-order valence-electron chi connectivity index (χ4n) is 1.24. The molecule has 0 unspecified atom stereocenters. The van der Waals surface area contributed by atoms with E-state index < -0.39 is 0 Å². The van der Waals surface area contributed by atoms with Crippen molar-refractivity contribution in [3.8, 4) is 6.07 Å². The minimum atomic E-state index is -0.337. The molecule has 13 heavy (non-hydrogen) atoms. The highest BCUT2D eigenvalue weighted by Crippen LogP contribution is 2.48. The van der Waals surface area contributed by atoms with Crippen molar-refractivity contribution in [1.82, 2.24) is 5.32 Å². The topological polar surface area (TPSA) is 52.9 Å². The smallest absolute Gasteiger partial charge is 0.227 e. The Balaban J connectivity index is 2.35. The minimum Gasteiger partial charge on any atom is -0.352 e. The van der Waals surface area contributed by atoms with Crippen molar-refractivity contribution >= 4 is 5.91 Å². The molecule has 0 bridgehead atoms. The van der Waals surface area contributed by atoms with Gasteiger partial charge in [0.2, 0.25) is 5.91 Å². The first-order valence-electron chi connectivity index (χ1n) is 4.51. The largest absolute Gasteiger partial charge is 0.352 e. The van der Waals surface area contributed by atoms with E-state index in [4.69, 9.17) is 5.26 Å². The molecular weight excluding hydrogens is 164 g/mol. The lowest BCUT2D eigenvalue weighted by Crippen LogP contribution is -2.31. The first-order valence-corrected chi connectivity index (χ1v) is 4.51. The van der Waals surface area contributed by atoms with Crippen LogP contribution in [0.15, 0.2) is 12.2 Å². The number of hydrogen-bond acceptors (Lipinski definition) is 2. The highest BCUT2D eigenvalue weighted by molar-refractivity contribution is 5.85. The number of nitrogens with one attached hydrogen (secondary N) is 1. The fourth-order valence-corrected chi connectivity index (χ4v) is 1.24. The van der Waals surface area contributed by atoms with Gasteiger partial charge in [-0.05, 0) is 19.8 Å².